The van der Waals surface area contributed by atoms with Gasteiger partial charge in [-0.05, 0) is 42.5 Å². The SMILES string of the molecule is O=C(NCCOc1ccccc1)c1cccc(S(=O)(=O)NCc2ccco2)c1. The van der Waals surface area contributed by atoms with E-state index in [-0.39, 0.29) is 22.9 Å². The van der Waals surface area contributed by atoms with Crippen LogP contribution in [0.15, 0.2) is 82.3 Å². The molecule has 0 aliphatic carbocycles. The van der Waals surface area contributed by atoms with Crippen LogP contribution in [0, 0.1) is 0 Å². The summed E-state index contributed by atoms with van der Waals surface area (Å²) in [6.07, 6.45) is 1.47. The van der Waals surface area contributed by atoms with Gasteiger partial charge in [0, 0.05) is 5.56 Å². The smallest absolute Gasteiger partial charge is 0.251 e. The molecule has 0 aliphatic heterocycles. The minimum Gasteiger partial charge on any atom is -0.492 e. The van der Waals surface area contributed by atoms with Gasteiger partial charge in [0.05, 0.1) is 24.2 Å². The van der Waals surface area contributed by atoms with Gasteiger partial charge in [-0.2, -0.15) is 0 Å². The van der Waals surface area contributed by atoms with Crippen molar-refractivity contribution >= 4 is 15.9 Å². The van der Waals surface area contributed by atoms with Gasteiger partial charge in [0.25, 0.3) is 5.91 Å². The maximum atomic E-state index is 12.4. The molecule has 0 radical (unpaired) electrons. The van der Waals surface area contributed by atoms with E-state index < -0.39 is 10.0 Å². The quantitative estimate of drug-likeness (QED) is 0.538. The highest BCUT2D eigenvalue weighted by Gasteiger charge is 2.16. The summed E-state index contributed by atoms with van der Waals surface area (Å²) in [5.74, 6) is 0.836. The first kappa shape index (κ1) is 19.7. The Balaban J connectivity index is 1.55. The lowest BCUT2D eigenvalue weighted by atomic mass is 10.2. The average Bonchev–Trinajstić information content (AvgIpc) is 3.24. The second kappa shape index (κ2) is 9.20. The number of nitrogens with one attached hydrogen (secondary N) is 2. The third kappa shape index (κ3) is 5.45. The Labute approximate surface area is 163 Å². The number of ether oxygens (including phenoxy) is 1. The lowest BCUT2D eigenvalue weighted by Crippen LogP contribution is -2.28. The molecule has 0 saturated heterocycles. The van der Waals surface area contributed by atoms with Gasteiger partial charge in [-0.15, -0.1) is 0 Å². The maximum absolute atomic E-state index is 12.4. The predicted molar refractivity (Wildman–Crippen MR) is 103 cm³/mol. The minimum absolute atomic E-state index is 0.00671. The first-order valence-corrected chi connectivity index (χ1v) is 10.1. The van der Waals surface area contributed by atoms with Crippen LogP contribution in [-0.4, -0.2) is 27.5 Å². The molecule has 28 heavy (non-hydrogen) atoms. The fourth-order valence-electron chi connectivity index (χ4n) is 2.42. The van der Waals surface area contributed by atoms with Gasteiger partial charge >= 0.3 is 0 Å². The van der Waals surface area contributed by atoms with Crippen LogP contribution in [0.3, 0.4) is 0 Å². The highest BCUT2D eigenvalue weighted by molar-refractivity contribution is 7.89. The molecule has 0 aliphatic rings. The van der Waals surface area contributed by atoms with Crippen molar-refractivity contribution in [1.82, 2.24) is 10.0 Å². The van der Waals surface area contributed by atoms with Crippen molar-refractivity contribution in [2.75, 3.05) is 13.2 Å². The zero-order valence-corrected chi connectivity index (χ0v) is 15.8. The van der Waals surface area contributed by atoms with E-state index in [1.165, 1.54) is 24.5 Å². The summed E-state index contributed by atoms with van der Waals surface area (Å²) in [5.41, 5.74) is 0.251. The van der Waals surface area contributed by atoms with Crippen molar-refractivity contribution in [1.29, 1.82) is 0 Å². The number of hydrogen-bond donors (Lipinski definition) is 2. The largest absolute Gasteiger partial charge is 0.492 e. The maximum Gasteiger partial charge on any atom is 0.251 e. The Morgan fingerprint density at radius 1 is 1.00 bits per heavy atom. The van der Waals surface area contributed by atoms with Crippen LogP contribution in [0.2, 0.25) is 0 Å². The number of benzene rings is 2. The van der Waals surface area contributed by atoms with E-state index in [1.54, 1.807) is 18.2 Å². The highest BCUT2D eigenvalue weighted by Crippen LogP contribution is 2.13. The summed E-state index contributed by atoms with van der Waals surface area (Å²) in [6, 6.07) is 18.4. The summed E-state index contributed by atoms with van der Waals surface area (Å²) in [4.78, 5) is 12.3. The van der Waals surface area contributed by atoms with E-state index in [1.807, 2.05) is 30.3 Å². The molecule has 0 atom stereocenters. The Morgan fingerprint density at radius 3 is 2.57 bits per heavy atom. The summed E-state index contributed by atoms with van der Waals surface area (Å²) in [6.45, 7) is 0.627. The van der Waals surface area contributed by atoms with Crippen LogP contribution in [0.1, 0.15) is 16.1 Å². The zero-order valence-electron chi connectivity index (χ0n) is 15.0. The number of para-hydroxylation sites is 1. The van der Waals surface area contributed by atoms with Crippen LogP contribution in [0.4, 0.5) is 0 Å². The molecule has 8 heteroatoms. The van der Waals surface area contributed by atoms with Gasteiger partial charge in [-0.1, -0.05) is 24.3 Å². The van der Waals surface area contributed by atoms with Gasteiger partial charge < -0.3 is 14.5 Å². The van der Waals surface area contributed by atoms with E-state index in [0.29, 0.717) is 24.7 Å². The highest BCUT2D eigenvalue weighted by atomic mass is 32.2. The number of sulfonamides is 1. The molecule has 0 saturated carbocycles. The van der Waals surface area contributed by atoms with Crippen molar-refractivity contribution in [3.05, 3.63) is 84.3 Å². The molecule has 1 aromatic heterocycles. The molecular weight excluding hydrogens is 380 g/mol. The van der Waals surface area contributed by atoms with Crippen molar-refractivity contribution in [3.63, 3.8) is 0 Å². The third-order valence-electron chi connectivity index (χ3n) is 3.82. The Bertz CT molecular complexity index is 1000. The standard InChI is InChI=1S/C20H20N2O5S/c23-20(21-11-13-27-17-7-2-1-3-8-17)16-6-4-10-19(14-16)28(24,25)22-15-18-9-5-12-26-18/h1-10,12,14,22H,11,13,15H2,(H,21,23). The fourth-order valence-corrected chi connectivity index (χ4v) is 3.46. The molecule has 7 nitrogen and oxygen atoms in total. The summed E-state index contributed by atoms with van der Waals surface area (Å²) < 4.78 is 37.9. The molecule has 3 aromatic rings. The molecule has 1 heterocycles. The van der Waals surface area contributed by atoms with Crippen molar-refractivity contribution in [2.24, 2.45) is 0 Å². The number of amides is 1. The topological polar surface area (TPSA) is 97.6 Å². The molecule has 1 amide bonds. The summed E-state index contributed by atoms with van der Waals surface area (Å²) in [7, 11) is -3.77. The molecule has 0 bridgehead atoms. The Morgan fingerprint density at radius 2 is 1.82 bits per heavy atom. The third-order valence-corrected chi connectivity index (χ3v) is 5.22. The molecule has 0 unspecified atom stereocenters. The number of carbonyl (C=O) groups excluding carboxylic acids is 1. The fraction of sp³-hybridized carbons (Fsp3) is 0.150. The molecule has 3 rings (SSSR count). The van der Waals surface area contributed by atoms with Crippen LogP contribution in [0.25, 0.3) is 0 Å². The van der Waals surface area contributed by atoms with Gasteiger partial charge in [-0.25, -0.2) is 13.1 Å². The molecule has 0 spiro atoms. The van der Waals surface area contributed by atoms with Crippen LogP contribution in [-0.2, 0) is 16.6 Å². The Hall–Kier alpha value is -3.10. The van der Waals surface area contributed by atoms with Crippen LogP contribution < -0.4 is 14.8 Å². The van der Waals surface area contributed by atoms with Gasteiger partial charge in [0.15, 0.2) is 0 Å². The molecule has 2 N–H and O–H groups in total. The lowest BCUT2D eigenvalue weighted by Gasteiger charge is -2.09. The van der Waals surface area contributed by atoms with Gasteiger partial charge in [-0.3, -0.25) is 4.79 Å². The zero-order chi connectivity index (χ0) is 19.8. The number of carbonyl (C=O) groups is 1. The van der Waals surface area contributed by atoms with Crippen LogP contribution >= 0.6 is 0 Å². The lowest BCUT2D eigenvalue weighted by molar-refractivity contribution is 0.0947. The van der Waals surface area contributed by atoms with E-state index in [0.717, 1.165) is 0 Å². The van der Waals surface area contributed by atoms with E-state index >= 15 is 0 Å². The van der Waals surface area contributed by atoms with Gasteiger partial charge in [0.2, 0.25) is 10.0 Å². The van der Waals surface area contributed by atoms with E-state index in [9.17, 15) is 13.2 Å². The van der Waals surface area contributed by atoms with Gasteiger partial charge in [0.1, 0.15) is 18.1 Å². The molecule has 146 valence electrons. The first-order chi connectivity index (χ1) is 13.5. The number of hydrogen-bond acceptors (Lipinski definition) is 5. The summed E-state index contributed by atoms with van der Waals surface area (Å²) in [5, 5.41) is 2.71. The normalized spacial score (nSPS) is 11.1. The Kier molecular flexibility index (Phi) is 6.46. The monoisotopic (exact) mass is 400 g/mol. The van der Waals surface area contributed by atoms with E-state index in [4.69, 9.17) is 9.15 Å². The molecular formula is C20H20N2O5S. The number of rotatable bonds is 9. The first-order valence-electron chi connectivity index (χ1n) is 8.63. The van der Waals surface area contributed by atoms with Crippen LogP contribution in [0.5, 0.6) is 5.75 Å². The molecule has 0 fully saturated rings. The number of furan rings is 1. The second-order valence-corrected chi connectivity index (χ2v) is 7.62. The second-order valence-electron chi connectivity index (χ2n) is 5.85. The van der Waals surface area contributed by atoms with Crippen molar-refractivity contribution < 1.29 is 22.4 Å². The summed E-state index contributed by atoms with van der Waals surface area (Å²) >= 11 is 0. The predicted octanol–water partition coefficient (Wildman–Crippen LogP) is 2.57. The van der Waals surface area contributed by atoms with Crippen molar-refractivity contribution in [2.45, 2.75) is 11.4 Å². The molecule has 2 aromatic carbocycles. The van der Waals surface area contributed by atoms with Crippen molar-refractivity contribution in [3.8, 4) is 5.75 Å². The minimum atomic E-state index is -3.77. The van der Waals surface area contributed by atoms with E-state index in [2.05, 4.69) is 10.0 Å². The average molecular weight is 400 g/mol.